The number of ether oxygens (including phenoxy) is 1. The van der Waals surface area contributed by atoms with Gasteiger partial charge >= 0.3 is 6.36 Å². The molecule has 0 saturated carbocycles. The van der Waals surface area contributed by atoms with Crippen molar-refractivity contribution in [2.24, 2.45) is 11.1 Å². The van der Waals surface area contributed by atoms with Crippen molar-refractivity contribution in [2.45, 2.75) is 26.8 Å². The number of nitrogens with zero attached hydrogens (tertiary/aromatic N) is 1. The van der Waals surface area contributed by atoms with Crippen molar-refractivity contribution in [2.75, 3.05) is 0 Å². The lowest BCUT2D eigenvalue weighted by molar-refractivity contribution is -0.275. The zero-order valence-electron chi connectivity index (χ0n) is 9.99. The Labute approximate surface area is 103 Å². The van der Waals surface area contributed by atoms with Gasteiger partial charge in [0, 0.05) is 11.5 Å². The highest BCUT2D eigenvalue weighted by atomic mass is 19.4. The third kappa shape index (κ3) is 5.56. The molecule has 1 aromatic rings. The smallest absolute Gasteiger partial charge is 0.405 e. The van der Waals surface area contributed by atoms with E-state index >= 15 is 0 Å². The fraction of sp³-hybridized carbons (Fsp3) is 0.417. The summed E-state index contributed by atoms with van der Waals surface area (Å²) in [6, 6.07) is 5.75. The van der Waals surface area contributed by atoms with E-state index < -0.39 is 6.36 Å². The minimum Gasteiger partial charge on any atom is -0.405 e. The largest absolute Gasteiger partial charge is 0.573 e. The molecule has 1 aromatic carbocycles. The molecule has 0 spiro atoms. The van der Waals surface area contributed by atoms with Crippen LogP contribution in [0.1, 0.15) is 19.4 Å². The zero-order chi connectivity index (χ0) is 13.6. The van der Waals surface area contributed by atoms with Crippen LogP contribution in [0, 0.1) is 5.92 Å². The van der Waals surface area contributed by atoms with E-state index in [0.717, 1.165) is 0 Å². The molecule has 0 atom stereocenters. The molecule has 0 unspecified atom stereocenters. The maximum atomic E-state index is 12.1. The molecular weight excluding hydrogens is 247 g/mol. The van der Waals surface area contributed by atoms with Crippen LogP contribution >= 0.6 is 0 Å². The average molecular weight is 260 g/mol. The van der Waals surface area contributed by atoms with Crippen LogP contribution in [0.2, 0.25) is 0 Å². The zero-order valence-corrected chi connectivity index (χ0v) is 9.99. The summed E-state index contributed by atoms with van der Waals surface area (Å²) in [4.78, 5) is 4.85. The summed E-state index contributed by atoms with van der Waals surface area (Å²) in [7, 11) is 0. The normalized spacial score (nSPS) is 12.1. The Morgan fingerprint density at radius 2 is 1.94 bits per heavy atom. The van der Waals surface area contributed by atoms with E-state index in [1.807, 2.05) is 13.8 Å². The highest BCUT2D eigenvalue weighted by molar-refractivity contribution is 5.58. The Balaban J connectivity index is 2.65. The number of alkyl halides is 3. The summed E-state index contributed by atoms with van der Waals surface area (Å²) >= 11 is 0. The molecule has 0 aromatic heterocycles. The van der Waals surface area contributed by atoms with Crippen molar-refractivity contribution in [3.05, 3.63) is 29.8 Å². The summed E-state index contributed by atoms with van der Waals surface area (Å²) in [6.07, 6.45) is -2.10. The first-order valence-electron chi connectivity index (χ1n) is 5.29. The maximum Gasteiger partial charge on any atom is 0.573 e. The molecule has 0 N–H and O–H groups in total. The minimum atomic E-state index is -4.72. The van der Waals surface area contributed by atoms with Crippen molar-refractivity contribution in [1.82, 2.24) is 0 Å². The van der Waals surface area contributed by atoms with Gasteiger partial charge in [-0.15, -0.1) is 13.2 Å². The monoisotopic (exact) mass is 260 g/mol. The predicted molar refractivity (Wildman–Crippen MR) is 60.2 cm³/mol. The van der Waals surface area contributed by atoms with Crippen LogP contribution < -0.4 is 4.74 Å². The van der Waals surface area contributed by atoms with E-state index in [0.29, 0.717) is 0 Å². The van der Waals surface area contributed by atoms with Crippen molar-refractivity contribution in [1.29, 1.82) is 0 Å². The molecule has 3 nitrogen and oxygen atoms in total. The average Bonchev–Trinajstić information content (AvgIpc) is 2.24. The second kappa shape index (κ2) is 6.28. The van der Waals surface area contributed by atoms with Crippen LogP contribution in [0.25, 0.3) is 0 Å². The van der Waals surface area contributed by atoms with Gasteiger partial charge in [-0.2, -0.15) is 0 Å². The molecule has 0 saturated heterocycles. The third-order valence-electron chi connectivity index (χ3n) is 1.79. The summed E-state index contributed by atoms with van der Waals surface area (Å²) in [5.74, 6) is -0.198. The van der Waals surface area contributed by atoms with E-state index in [1.54, 1.807) is 6.07 Å². The quantitative estimate of drug-likeness (QED) is 0.598. The number of halogens is 3. The van der Waals surface area contributed by atoms with Crippen molar-refractivity contribution < 1.29 is 22.7 Å². The Bertz CT molecular complexity index is 403. The standard InChI is InChI=1S/C12H13F3NO2/c1-9(2)7-16-17-8-10-5-3-4-6-11(10)18-12(13,14)15/h3-6,9H,8H2,1-2H3. The summed E-state index contributed by atoms with van der Waals surface area (Å²) in [5.41, 5.74) is 0.268. The number of hydrogen-bond donors (Lipinski definition) is 0. The molecule has 18 heavy (non-hydrogen) atoms. The van der Waals surface area contributed by atoms with Crippen LogP contribution in [-0.4, -0.2) is 12.6 Å². The highest BCUT2D eigenvalue weighted by Crippen LogP contribution is 2.26. The minimum absolute atomic E-state index is 0.0895. The molecule has 0 bridgehead atoms. The Hall–Kier alpha value is -1.72. The fourth-order valence-electron chi connectivity index (χ4n) is 1.09. The Kier molecular flexibility index (Phi) is 5.00. The van der Waals surface area contributed by atoms with Crippen LogP contribution in [0.3, 0.4) is 0 Å². The van der Waals surface area contributed by atoms with Gasteiger partial charge in [0.25, 0.3) is 0 Å². The first kappa shape index (κ1) is 14.3. The van der Waals surface area contributed by atoms with E-state index in [2.05, 4.69) is 16.1 Å². The lowest BCUT2D eigenvalue weighted by Crippen LogP contribution is -2.18. The summed E-state index contributed by atoms with van der Waals surface area (Å²) in [5, 5.41) is 3.52. The molecule has 0 fully saturated rings. The molecule has 6 heteroatoms. The predicted octanol–water partition coefficient (Wildman–Crippen LogP) is 3.62. The number of hydrogen-bond acceptors (Lipinski definition) is 3. The first-order chi connectivity index (χ1) is 8.38. The van der Waals surface area contributed by atoms with Gasteiger partial charge in [0.05, 0.1) is 0 Å². The number of para-hydroxylation sites is 1. The third-order valence-corrected chi connectivity index (χ3v) is 1.79. The Morgan fingerprint density at radius 1 is 1.28 bits per heavy atom. The van der Waals surface area contributed by atoms with Crippen molar-refractivity contribution in [3.63, 3.8) is 0 Å². The van der Waals surface area contributed by atoms with Gasteiger partial charge in [-0.3, -0.25) is 0 Å². The van der Waals surface area contributed by atoms with Gasteiger partial charge in [0.15, 0.2) is 0 Å². The molecule has 99 valence electrons. The van der Waals surface area contributed by atoms with Gasteiger partial charge in [0.2, 0.25) is 0 Å². The van der Waals surface area contributed by atoms with E-state index in [1.165, 1.54) is 18.2 Å². The SMILES string of the molecule is CC(C)/[C]=N\OCc1ccccc1OC(F)(F)F. The van der Waals surface area contributed by atoms with Gasteiger partial charge in [-0.05, 0) is 6.07 Å². The molecule has 0 aliphatic rings. The highest BCUT2D eigenvalue weighted by Gasteiger charge is 2.31. The van der Waals surface area contributed by atoms with Crippen LogP contribution in [0.4, 0.5) is 13.2 Å². The molecular formula is C12H13F3NO2. The van der Waals surface area contributed by atoms with E-state index in [9.17, 15) is 13.2 Å². The van der Waals surface area contributed by atoms with Crippen LogP contribution in [0.5, 0.6) is 5.75 Å². The fourth-order valence-corrected chi connectivity index (χ4v) is 1.09. The van der Waals surface area contributed by atoms with Crippen LogP contribution in [-0.2, 0) is 11.4 Å². The number of benzene rings is 1. The second-order valence-corrected chi connectivity index (χ2v) is 3.80. The Morgan fingerprint density at radius 3 is 2.56 bits per heavy atom. The van der Waals surface area contributed by atoms with Gasteiger partial charge in [-0.25, -0.2) is 0 Å². The number of rotatable bonds is 5. The van der Waals surface area contributed by atoms with Gasteiger partial charge < -0.3 is 9.57 Å². The van der Waals surface area contributed by atoms with Crippen molar-refractivity contribution in [3.8, 4) is 5.75 Å². The topological polar surface area (TPSA) is 30.8 Å². The molecule has 1 rings (SSSR count). The lowest BCUT2D eigenvalue weighted by Gasteiger charge is -2.12. The lowest BCUT2D eigenvalue weighted by atomic mass is 10.2. The molecule has 0 aliphatic heterocycles. The molecule has 0 amide bonds. The van der Waals surface area contributed by atoms with E-state index in [-0.39, 0.29) is 23.8 Å². The molecule has 0 heterocycles. The first-order valence-corrected chi connectivity index (χ1v) is 5.29. The van der Waals surface area contributed by atoms with E-state index in [4.69, 9.17) is 4.84 Å². The summed E-state index contributed by atoms with van der Waals surface area (Å²) in [6.45, 7) is 3.60. The molecule has 1 radical (unpaired) electrons. The second-order valence-electron chi connectivity index (χ2n) is 3.80. The summed E-state index contributed by atoms with van der Waals surface area (Å²) < 4.78 is 40.2. The van der Waals surface area contributed by atoms with Crippen molar-refractivity contribution >= 4 is 6.21 Å². The van der Waals surface area contributed by atoms with Gasteiger partial charge in [-0.1, -0.05) is 37.2 Å². The maximum absolute atomic E-state index is 12.1. The van der Waals surface area contributed by atoms with Crippen LogP contribution in [0.15, 0.2) is 29.4 Å². The molecule has 0 aliphatic carbocycles. The van der Waals surface area contributed by atoms with Gasteiger partial charge in [0.1, 0.15) is 18.6 Å².